The molecule has 1 unspecified atom stereocenters. The van der Waals surface area contributed by atoms with Crippen molar-refractivity contribution in [1.82, 2.24) is 5.32 Å². The Labute approximate surface area is 126 Å². The van der Waals surface area contributed by atoms with E-state index >= 15 is 0 Å². The molecule has 2 rings (SSSR count). The van der Waals surface area contributed by atoms with Gasteiger partial charge in [0.15, 0.2) is 0 Å². The standard InChI is InChI=1S/C18H36N2/c1-18(2,3)15-11-9-14(10-12-15)17(13-19)20-16-7-5-4-6-8-16/h14-17,20H,4-13,19H2,1-3H3. The van der Waals surface area contributed by atoms with E-state index in [1.54, 1.807) is 0 Å². The predicted octanol–water partition coefficient (Wildman–Crippen LogP) is 4.09. The lowest BCUT2D eigenvalue weighted by molar-refractivity contribution is 0.128. The third kappa shape index (κ3) is 4.46. The molecular weight excluding hydrogens is 244 g/mol. The van der Waals surface area contributed by atoms with Crippen LogP contribution in [0.2, 0.25) is 0 Å². The van der Waals surface area contributed by atoms with Crippen molar-refractivity contribution in [3.63, 3.8) is 0 Å². The van der Waals surface area contributed by atoms with E-state index < -0.39 is 0 Å². The van der Waals surface area contributed by atoms with E-state index in [1.165, 1.54) is 57.8 Å². The average Bonchev–Trinajstić information content (AvgIpc) is 2.45. The fraction of sp³-hybridized carbons (Fsp3) is 1.00. The van der Waals surface area contributed by atoms with Crippen molar-refractivity contribution in [3.8, 4) is 0 Å². The molecule has 0 radical (unpaired) electrons. The van der Waals surface area contributed by atoms with Crippen molar-refractivity contribution in [2.45, 2.75) is 90.6 Å². The van der Waals surface area contributed by atoms with Gasteiger partial charge in [-0.1, -0.05) is 40.0 Å². The molecule has 2 aliphatic carbocycles. The highest BCUT2D eigenvalue weighted by Crippen LogP contribution is 2.40. The molecule has 0 aromatic heterocycles. The summed E-state index contributed by atoms with van der Waals surface area (Å²) in [6.07, 6.45) is 12.5. The van der Waals surface area contributed by atoms with Gasteiger partial charge in [-0.05, 0) is 55.8 Å². The van der Waals surface area contributed by atoms with E-state index in [0.29, 0.717) is 11.5 Å². The molecule has 0 aromatic rings. The number of nitrogens with two attached hydrogens (primary N) is 1. The summed E-state index contributed by atoms with van der Waals surface area (Å²) in [6.45, 7) is 8.03. The van der Waals surface area contributed by atoms with E-state index in [-0.39, 0.29) is 0 Å². The second kappa shape index (κ2) is 7.26. The van der Waals surface area contributed by atoms with Crippen molar-refractivity contribution in [1.29, 1.82) is 0 Å². The first-order chi connectivity index (χ1) is 9.50. The Balaban J connectivity index is 1.80. The Morgan fingerprint density at radius 1 is 0.950 bits per heavy atom. The molecule has 0 aromatic carbocycles. The van der Waals surface area contributed by atoms with Crippen molar-refractivity contribution < 1.29 is 0 Å². The lowest BCUT2D eigenvalue weighted by atomic mass is 9.68. The Morgan fingerprint density at radius 3 is 2.05 bits per heavy atom. The lowest BCUT2D eigenvalue weighted by Gasteiger charge is -2.40. The van der Waals surface area contributed by atoms with Gasteiger partial charge in [-0.15, -0.1) is 0 Å². The van der Waals surface area contributed by atoms with Gasteiger partial charge >= 0.3 is 0 Å². The topological polar surface area (TPSA) is 38.0 Å². The van der Waals surface area contributed by atoms with Gasteiger partial charge in [0.25, 0.3) is 0 Å². The summed E-state index contributed by atoms with van der Waals surface area (Å²) in [5.74, 6) is 1.73. The monoisotopic (exact) mass is 280 g/mol. The minimum Gasteiger partial charge on any atom is -0.329 e. The van der Waals surface area contributed by atoms with Crippen LogP contribution in [0.3, 0.4) is 0 Å². The molecule has 2 fully saturated rings. The third-order valence-electron chi connectivity index (χ3n) is 5.87. The molecule has 2 aliphatic rings. The Bertz CT molecular complexity index is 268. The second-order valence-electron chi connectivity index (χ2n) is 8.32. The number of hydrogen-bond donors (Lipinski definition) is 2. The number of nitrogens with one attached hydrogen (secondary N) is 1. The van der Waals surface area contributed by atoms with Gasteiger partial charge in [-0.3, -0.25) is 0 Å². The molecule has 0 amide bonds. The van der Waals surface area contributed by atoms with Gasteiger partial charge in [0.05, 0.1) is 0 Å². The maximum Gasteiger partial charge on any atom is 0.0221 e. The molecule has 2 nitrogen and oxygen atoms in total. The summed E-state index contributed by atoms with van der Waals surface area (Å²) in [4.78, 5) is 0. The van der Waals surface area contributed by atoms with Crippen LogP contribution in [-0.4, -0.2) is 18.6 Å². The van der Waals surface area contributed by atoms with Gasteiger partial charge in [-0.2, -0.15) is 0 Å². The van der Waals surface area contributed by atoms with Gasteiger partial charge in [0, 0.05) is 18.6 Å². The largest absolute Gasteiger partial charge is 0.329 e. The molecule has 0 spiro atoms. The summed E-state index contributed by atoms with van der Waals surface area (Å²) < 4.78 is 0. The first-order valence-corrected chi connectivity index (χ1v) is 8.97. The number of hydrogen-bond acceptors (Lipinski definition) is 2. The highest BCUT2D eigenvalue weighted by Gasteiger charge is 2.33. The van der Waals surface area contributed by atoms with Gasteiger partial charge in [-0.25, -0.2) is 0 Å². The molecule has 0 heterocycles. The predicted molar refractivity (Wildman–Crippen MR) is 87.8 cm³/mol. The summed E-state index contributed by atoms with van der Waals surface area (Å²) in [5.41, 5.74) is 6.56. The van der Waals surface area contributed by atoms with Crippen LogP contribution < -0.4 is 11.1 Å². The van der Waals surface area contributed by atoms with Crippen molar-refractivity contribution >= 4 is 0 Å². The smallest absolute Gasteiger partial charge is 0.0221 e. The van der Waals surface area contributed by atoms with Crippen LogP contribution in [-0.2, 0) is 0 Å². The summed E-state index contributed by atoms with van der Waals surface area (Å²) in [6, 6.07) is 1.32. The second-order valence-corrected chi connectivity index (χ2v) is 8.32. The van der Waals surface area contributed by atoms with E-state index in [9.17, 15) is 0 Å². The zero-order valence-electron chi connectivity index (χ0n) is 14.0. The Kier molecular flexibility index (Phi) is 5.92. The number of rotatable bonds is 4. The summed E-state index contributed by atoms with van der Waals surface area (Å²) in [7, 11) is 0. The maximum atomic E-state index is 6.08. The molecule has 0 saturated heterocycles. The maximum absolute atomic E-state index is 6.08. The van der Waals surface area contributed by atoms with Crippen LogP contribution >= 0.6 is 0 Å². The molecule has 1 atom stereocenters. The molecule has 118 valence electrons. The minimum absolute atomic E-state index is 0.486. The average molecular weight is 280 g/mol. The van der Waals surface area contributed by atoms with Crippen LogP contribution in [0.4, 0.5) is 0 Å². The van der Waals surface area contributed by atoms with E-state index in [1.807, 2.05) is 0 Å². The highest BCUT2D eigenvalue weighted by atomic mass is 15.0. The van der Waals surface area contributed by atoms with Crippen molar-refractivity contribution in [2.75, 3.05) is 6.54 Å². The molecular formula is C18H36N2. The quantitative estimate of drug-likeness (QED) is 0.814. The van der Waals surface area contributed by atoms with Gasteiger partial charge in [0.1, 0.15) is 0 Å². The highest BCUT2D eigenvalue weighted by molar-refractivity contribution is 4.88. The van der Waals surface area contributed by atoms with Gasteiger partial charge < -0.3 is 11.1 Å². The molecule has 3 N–H and O–H groups in total. The van der Waals surface area contributed by atoms with Crippen LogP contribution in [0, 0.1) is 17.3 Å². The van der Waals surface area contributed by atoms with Crippen molar-refractivity contribution in [3.05, 3.63) is 0 Å². The Morgan fingerprint density at radius 2 is 1.55 bits per heavy atom. The van der Waals surface area contributed by atoms with E-state index in [2.05, 4.69) is 26.1 Å². The minimum atomic E-state index is 0.486. The molecule has 2 saturated carbocycles. The molecule has 0 aliphatic heterocycles. The van der Waals surface area contributed by atoms with Gasteiger partial charge in [0.2, 0.25) is 0 Å². The molecule has 2 heteroatoms. The summed E-state index contributed by atoms with van der Waals surface area (Å²) >= 11 is 0. The lowest BCUT2D eigenvalue weighted by Crippen LogP contribution is -2.49. The fourth-order valence-electron chi connectivity index (χ4n) is 4.36. The third-order valence-corrected chi connectivity index (χ3v) is 5.87. The Hall–Kier alpha value is -0.0800. The van der Waals surface area contributed by atoms with Crippen LogP contribution in [0.1, 0.15) is 78.6 Å². The molecule has 20 heavy (non-hydrogen) atoms. The first-order valence-electron chi connectivity index (χ1n) is 8.97. The zero-order valence-corrected chi connectivity index (χ0v) is 14.0. The van der Waals surface area contributed by atoms with E-state index in [0.717, 1.165) is 24.4 Å². The SMILES string of the molecule is CC(C)(C)C1CCC(C(CN)NC2CCCCC2)CC1. The van der Waals surface area contributed by atoms with Crippen LogP contribution in [0.15, 0.2) is 0 Å². The van der Waals surface area contributed by atoms with E-state index in [4.69, 9.17) is 5.73 Å². The normalized spacial score (nSPS) is 31.2. The molecule has 0 bridgehead atoms. The fourth-order valence-corrected chi connectivity index (χ4v) is 4.36. The van der Waals surface area contributed by atoms with Crippen molar-refractivity contribution in [2.24, 2.45) is 23.0 Å². The summed E-state index contributed by atoms with van der Waals surface area (Å²) in [5, 5.41) is 3.90. The zero-order chi connectivity index (χ0) is 14.6. The first kappa shape index (κ1) is 16.3. The van der Waals surface area contributed by atoms with Crippen LogP contribution in [0.5, 0.6) is 0 Å². The van der Waals surface area contributed by atoms with Crippen LogP contribution in [0.25, 0.3) is 0 Å².